The maximum absolute atomic E-state index is 9.99. The Labute approximate surface area is 80.0 Å². The average molecular weight is 208 g/mol. The summed E-state index contributed by atoms with van der Waals surface area (Å²) >= 11 is 0. The van der Waals surface area contributed by atoms with Gasteiger partial charge in [-0.2, -0.15) is 0 Å². The fraction of sp³-hybridized carbons (Fsp3) is 1.00. The van der Waals surface area contributed by atoms with Crippen molar-refractivity contribution in [2.24, 2.45) is 5.92 Å². The second-order valence-corrected chi connectivity index (χ2v) is 3.10. The lowest BCUT2D eigenvalue weighted by Crippen LogP contribution is -2.26. The summed E-state index contributed by atoms with van der Waals surface area (Å²) in [5.74, 6) is 0.135. The van der Waals surface area contributed by atoms with E-state index in [2.05, 4.69) is 9.68 Å². The molecular formula is C6H12N2O6. The first-order chi connectivity index (χ1) is 6.41. The summed E-state index contributed by atoms with van der Waals surface area (Å²) in [7, 11) is 0. The first-order valence-electron chi connectivity index (χ1n) is 4.00. The van der Waals surface area contributed by atoms with Crippen LogP contribution < -0.4 is 0 Å². The fourth-order valence-electron chi connectivity index (χ4n) is 0.933. The van der Waals surface area contributed by atoms with Gasteiger partial charge in [0.15, 0.2) is 0 Å². The molecule has 0 radical (unpaired) electrons. The van der Waals surface area contributed by atoms with E-state index in [4.69, 9.17) is 0 Å². The summed E-state index contributed by atoms with van der Waals surface area (Å²) < 4.78 is 0. The van der Waals surface area contributed by atoms with E-state index >= 15 is 0 Å². The Bertz CT molecular complexity index is 206. The molecular weight excluding hydrogens is 196 g/mol. The number of hydrogen-bond donors (Lipinski definition) is 0. The van der Waals surface area contributed by atoms with Crippen molar-refractivity contribution in [1.29, 1.82) is 0 Å². The van der Waals surface area contributed by atoms with Gasteiger partial charge in [0.2, 0.25) is 0 Å². The van der Waals surface area contributed by atoms with E-state index < -0.39 is 22.9 Å². The summed E-state index contributed by atoms with van der Waals surface area (Å²) in [6.07, 6.45) is -0.565. The Hall–Kier alpha value is -1.60. The third-order valence-electron chi connectivity index (χ3n) is 1.34. The molecule has 14 heavy (non-hydrogen) atoms. The van der Waals surface area contributed by atoms with Crippen LogP contribution in [0.4, 0.5) is 0 Å². The maximum atomic E-state index is 9.99. The maximum Gasteiger partial charge on any atom is 0.294 e. The molecule has 0 heterocycles. The molecule has 1 atom stereocenters. The zero-order valence-corrected chi connectivity index (χ0v) is 7.91. The molecule has 0 rings (SSSR count). The molecule has 0 amide bonds. The van der Waals surface area contributed by atoms with Crippen molar-refractivity contribution in [3.05, 3.63) is 20.2 Å². The number of nitrogens with zero attached hydrogens (tertiary/aromatic N) is 2. The molecule has 0 aromatic rings. The van der Waals surface area contributed by atoms with Crippen LogP contribution in [0.15, 0.2) is 0 Å². The van der Waals surface area contributed by atoms with Gasteiger partial charge in [-0.1, -0.05) is 13.8 Å². The smallest absolute Gasteiger partial charge is 0.294 e. The lowest BCUT2D eigenvalue weighted by molar-refractivity contribution is -0.790. The van der Waals surface area contributed by atoms with Crippen molar-refractivity contribution in [3.8, 4) is 0 Å². The third kappa shape index (κ3) is 7.07. The van der Waals surface area contributed by atoms with Crippen LogP contribution in [0.2, 0.25) is 0 Å². The fourth-order valence-corrected chi connectivity index (χ4v) is 0.933. The van der Waals surface area contributed by atoms with E-state index in [9.17, 15) is 20.2 Å². The van der Waals surface area contributed by atoms with Crippen LogP contribution in [0.25, 0.3) is 0 Å². The highest BCUT2D eigenvalue weighted by atomic mass is 17.0. The van der Waals surface area contributed by atoms with E-state index in [1.807, 2.05) is 13.8 Å². The summed E-state index contributed by atoms with van der Waals surface area (Å²) in [5, 5.41) is 17.8. The van der Waals surface area contributed by atoms with Gasteiger partial charge in [0.1, 0.15) is 12.7 Å². The van der Waals surface area contributed by atoms with Crippen LogP contribution in [0.5, 0.6) is 0 Å². The van der Waals surface area contributed by atoms with Crippen LogP contribution in [-0.2, 0) is 9.68 Å². The van der Waals surface area contributed by atoms with Crippen LogP contribution in [0.1, 0.15) is 20.3 Å². The molecule has 0 aliphatic rings. The van der Waals surface area contributed by atoms with E-state index in [1.165, 1.54) is 0 Å². The van der Waals surface area contributed by atoms with E-state index in [-0.39, 0.29) is 5.92 Å². The Balaban J connectivity index is 3.96. The number of hydrogen-bond acceptors (Lipinski definition) is 6. The summed E-state index contributed by atoms with van der Waals surface area (Å²) in [4.78, 5) is 28.0. The second-order valence-electron chi connectivity index (χ2n) is 3.10. The standard InChI is InChI=1S/C6H12N2O6/c1-5(2)3-6(14-8(11)12)4-13-7(9)10/h5-6H,3-4H2,1-2H3/t6-/m0/s1. The molecule has 0 aromatic heterocycles. The molecule has 0 spiro atoms. The van der Waals surface area contributed by atoms with Gasteiger partial charge in [-0.15, -0.1) is 20.2 Å². The van der Waals surface area contributed by atoms with Crippen LogP contribution >= 0.6 is 0 Å². The Morgan fingerprint density at radius 3 is 2.14 bits per heavy atom. The monoisotopic (exact) mass is 208 g/mol. The normalized spacial score (nSPS) is 12.2. The SMILES string of the molecule is CC(C)C[C@@H](CO[N+](=O)[O-])O[N+](=O)[O-]. The van der Waals surface area contributed by atoms with Crippen LogP contribution in [0, 0.1) is 26.1 Å². The largest absolute Gasteiger partial charge is 0.312 e. The molecule has 0 aliphatic heterocycles. The first-order valence-corrected chi connectivity index (χ1v) is 4.00. The van der Waals surface area contributed by atoms with Gasteiger partial charge < -0.3 is 9.68 Å². The molecule has 0 saturated carbocycles. The highest BCUT2D eigenvalue weighted by Crippen LogP contribution is 2.08. The third-order valence-corrected chi connectivity index (χ3v) is 1.34. The molecule has 0 aromatic carbocycles. The molecule has 0 N–H and O–H groups in total. The lowest BCUT2D eigenvalue weighted by atomic mass is 10.1. The van der Waals surface area contributed by atoms with Crippen molar-refractivity contribution in [1.82, 2.24) is 0 Å². The molecule has 82 valence electrons. The predicted molar refractivity (Wildman–Crippen MR) is 44.3 cm³/mol. The van der Waals surface area contributed by atoms with Crippen molar-refractivity contribution in [2.75, 3.05) is 6.61 Å². The molecule has 8 heteroatoms. The second kappa shape index (κ2) is 5.95. The molecule has 0 saturated heterocycles. The van der Waals surface area contributed by atoms with Gasteiger partial charge in [0.25, 0.3) is 10.2 Å². The zero-order chi connectivity index (χ0) is 11.1. The minimum atomic E-state index is -1.00. The van der Waals surface area contributed by atoms with Gasteiger partial charge in [0.05, 0.1) is 0 Å². The topological polar surface area (TPSA) is 105 Å². The van der Waals surface area contributed by atoms with Crippen molar-refractivity contribution < 1.29 is 19.8 Å². The number of rotatable bonds is 7. The lowest BCUT2D eigenvalue weighted by Gasteiger charge is -2.15. The predicted octanol–water partition coefficient (Wildman–Crippen LogP) is 0.818. The van der Waals surface area contributed by atoms with E-state index in [0.717, 1.165) is 0 Å². The van der Waals surface area contributed by atoms with Crippen LogP contribution in [0.3, 0.4) is 0 Å². The van der Waals surface area contributed by atoms with E-state index in [1.54, 1.807) is 0 Å². The Kier molecular flexibility index (Phi) is 5.27. The van der Waals surface area contributed by atoms with Gasteiger partial charge in [-0.25, -0.2) is 0 Å². The molecule has 0 aliphatic carbocycles. The van der Waals surface area contributed by atoms with Crippen molar-refractivity contribution in [3.63, 3.8) is 0 Å². The van der Waals surface area contributed by atoms with E-state index in [0.29, 0.717) is 6.42 Å². The molecule has 0 bridgehead atoms. The molecule has 8 nitrogen and oxygen atoms in total. The minimum Gasteiger partial charge on any atom is -0.312 e. The van der Waals surface area contributed by atoms with Gasteiger partial charge >= 0.3 is 0 Å². The van der Waals surface area contributed by atoms with Gasteiger partial charge in [-0.05, 0) is 12.3 Å². The van der Waals surface area contributed by atoms with Crippen LogP contribution in [-0.4, -0.2) is 22.9 Å². The molecule has 0 unspecified atom stereocenters. The Morgan fingerprint density at radius 1 is 1.21 bits per heavy atom. The summed E-state index contributed by atoms with van der Waals surface area (Å²) in [6.45, 7) is 3.22. The minimum absolute atomic E-state index is 0.135. The van der Waals surface area contributed by atoms with Crippen molar-refractivity contribution in [2.45, 2.75) is 26.4 Å². The van der Waals surface area contributed by atoms with Crippen molar-refractivity contribution >= 4 is 0 Å². The summed E-state index contributed by atoms with van der Waals surface area (Å²) in [6, 6.07) is 0. The average Bonchev–Trinajstić information content (AvgIpc) is 1.97. The molecule has 0 fully saturated rings. The highest BCUT2D eigenvalue weighted by Gasteiger charge is 2.16. The zero-order valence-electron chi connectivity index (χ0n) is 7.91. The van der Waals surface area contributed by atoms with Gasteiger partial charge in [-0.3, -0.25) is 0 Å². The Morgan fingerprint density at radius 2 is 1.79 bits per heavy atom. The summed E-state index contributed by atoms with van der Waals surface area (Å²) in [5.41, 5.74) is 0. The van der Waals surface area contributed by atoms with Gasteiger partial charge in [0, 0.05) is 0 Å². The quantitative estimate of drug-likeness (QED) is 0.453. The highest BCUT2D eigenvalue weighted by molar-refractivity contribution is 4.56. The first kappa shape index (κ1) is 12.4.